The number of hydrogen-bond acceptors (Lipinski definition) is 0. The number of thiol groups is 1. The summed E-state index contributed by atoms with van der Waals surface area (Å²) < 4.78 is 0. The highest BCUT2D eigenvalue weighted by Gasteiger charge is 2.05. The van der Waals surface area contributed by atoms with Gasteiger partial charge in [-0.05, 0) is 53.3 Å². The van der Waals surface area contributed by atoms with Gasteiger partial charge in [-0.2, -0.15) is 10.9 Å². The summed E-state index contributed by atoms with van der Waals surface area (Å²) in [6, 6.07) is 21.5. The molecule has 0 atom stereocenters. The van der Waals surface area contributed by atoms with E-state index in [4.69, 9.17) is 0 Å². The van der Waals surface area contributed by atoms with Crippen LogP contribution in [0.2, 0.25) is 0 Å². The van der Waals surface area contributed by atoms with Gasteiger partial charge in [0.1, 0.15) is 0 Å². The molecule has 2 aromatic rings. The Bertz CT molecular complexity index is 442. The van der Waals surface area contributed by atoms with Gasteiger partial charge < -0.3 is 0 Å². The fraction of sp³-hybridized carbons (Fsp3) is 0.125. The SMILES string of the molecule is CC(C)=C[SH](c1ccccc1)c1ccccc1. The molecule has 0 bridgehead atoms. The van der Waals surface area contributed by atoms with Crippen molar-refractivity contribution < 1.29 is 0 Å². The van der Waals surface area contributed by atoms with E-state index < -0.39 is 0 Å². The Morgan fingerprint density at radius 3 is 1.53 bits per heavy atom. The molecule has 0 aliphatic heterocycles. The Balaban J connectivity index is 2.43. The quantitative estimate of drug-likeness (QED) is 0.717. The van der Waals surface area contributed by atoms with Gasteiger partial charge in [-0.3, -0.25) is 0 Å². The maximum Gasteiger partial charge on any atom is -0.00502 e. The molecule has 0 saturated carbocycles. The first-order chi connectivity index (χ1) is 8.27. The normalized spacial score (nSPS) is 10.8. The van der Waals surface area contributed by atoms with Crippen molar-refractivity contribution in [1.82, 2.24) is 0 Å². The molecule has 0 nitrogen and oxygen atoms in total. The molecule has 0 spiro atoms. The maximum absolute atomic E-state index is 2.39. The van der Waals surface area contributed by atoms with Crippen LogP contribution in [0, 0.1) is 0 Å². The van der Waals surface area contributed by atoms with Crippen LogP contribution in [0.3, 0.4) is 0 Å². The number of hydrogen-bond donors (Lipinski definition) is 1. The van der Waals surface area contributed by atoms with Gasteiger partial charge >= 0.3 is 0 Å². The minimum atomic E-state index is -0.352. The van der Waals surface area contributed by atoms with Gasteiger partial charge in [0.15, 0.2) is 0 Å². The van der Waals surface area contributed by atoms with Crippen molar-refractivity contribution in [2.24, 2.45) is 0 Å². The molecule has 0 aliphatic carbocycles. The fourth-order valence-corrected chi connectivity index (χ4v) is 3.83. The highest BCUT2D eigenvalue weighted by atomic mass is 32.2. The van der Waals surface area contributed by atoms with Crippen LogP contribution in [0.4, 0.5) is 0 Å². The summed E-state index contributed by atoms with van der Waals surface area (Å²) in [4.78, 5) is 2.82. The van der Waals surface area contributed by atoms with Gasteiger partial charge in [0.05, 0.1) is 0 Å². The van der Waals surface area contributed by atoms with Gasteiger partial charge in [0, 0.05) is 0 Å². The molecule has 0 unspecified atom stereocenters. The van der Waals surface area contributed by atoms with Crippen molar-refractivity contribution in [1.29, 1.82) is 0 Å². The predicted octanol–water partition coefficient (Wildman–Crippen LogP) is 5.03. The molecule has 0 fully saturated rings. The minimum absolute atomic E-state index is 0.352. The highest BCUT2D eigenvalue weighted by molar-refractivity contribution is 8.19. The van der Waals surface area contributed by atoms with E-state index in [0.717, 1.165) is 0 Å². The molecule has 1 heteroatoms. The van der Waals surface area contributed by atoms with Gasteiger partial charge in [-0.1, -0.05) is 42.0 Å². The van der Waals surface area contributed by atoms with E-state index in [2.05, 4.69) is 79.9 Å². The van der Waals surface area contributed by atoms with Gasteiger partial charge in [0.2, 0.25) is 0 Å². The second-order valence-electron chi connectivity index (χ2n) is 4.25. The molecule has 2 rings (SSSR count). The molecular formula is C16H18S. The van der Waals surface area contributed by atoms with Crippen molar-refractivity contribution in [3.05, 3.63) is 71.6 Å². The van der Waals surface area contributed by atoms with Crippen molar-refractivity contribution in [2.75, 3.05) is 0 Å². The Labute approximate surface area is 106 Å². The monoisotopic (exact) mass is 242 g/mol. The zero-order chi connectivity index (χ0) is 12.1. The van der Waals surface area contributed by atoms with E-state index in [1.54, 1.807) is 0 Å². The molecule has 0 amide bonds. The second-order valence-corrected chi connectivity index (χ2v) is 6.28. The van der Waals surface area contributed by atoms with Crippen LogP contribution in [-0.2, 0) is 0 Å². The third-order valence-electron chi connectivity index (χ3n) is 2.46. The molecule has 0 saturated heterocycles. The van der Waals surface area contributed by atoms with E-state index in [0.29, 0.717) is 0 Å². The Hall–Kier alpha value is -1.47. The largest absolute Gasteiger partial charge is 0.180 e. The molecule has 17 heavy (non-hydrogen) atoms. The summed E-state index contributed by atoms with van der Waals surface area (Å²) in [7, 11) is -0.352. The molecular weight excluding hydrogens is 224 g/mol. The van der Waals surface area contributed by atoms with Crippen LogP contribution in [-0.4, -0.2) is 0 Å². The van der Waals surface area contributed by atoms with Gasteiger partial charge in [-0.15, -0.1) is 0 Å². The average molecular weight is 242 g/mol. The molecule has 2 aromatic carbocycles. The number of benzene rings is 2. The summed E-state index contributed by atoms with van der Waals surface area (Å²) in [5.41, 5.74) is 1.38. The molecule has 0 radical (unpaired) electrons. The number of rotatable bonds is 3. The second kappa shape index (κ2) is 5.74. The van der Waals surface area contributed by atoms with Crippen molar-refractivity contribution in [3.8, 4) is 0 Å². The Morgan fingerprint density at radius 2 is 1.18 bits per heavy atom. The Morgan fingerprint density at radius 1 is 0.765 bits per heavy atom. The van der Waals surface area contributed by atoms with Crippen LogP contribution in [0.5, 0.6) is 0 Å². The molecule has 0 aliphatic rings. The highest BCUT2D eigenvalue weighted by Crippen LogP contribution is 2.45. The van der Waals surface area contributed by atoms with E-state index >= 15 is 0 Å². The van der Waals surface area contributed by atoms with Gasteiger partial charge in [-0.25, -0.2) is 0 Å². The third-order valence-corrected chi connectivity index (χ3v) is 4.94. The maximum atomic E-state index is 2.39. The third kappa shape index (κ3) is 3.24. The van der Waals surface area contributed by atoms with Crippen LogP contribution in [0.1, 0.15) is 13.8 Å². The molecule has 0 N–H and O–H groups in total. The van der Waals surface area contributed by atoms with Gasteiger partial charge in [0.25, 0.3) is 0 Å². The van der Waals surface area contributed by atoms with Crippen molar-refractivity contribution in [3.63, 3.8) is 0 Å². The Kier molecular flexibility index (Phi) is 4.05. The molecule has 0 heterocycles. The first-order valence-corrected chi connectivity index (χ1v) is 7.23. The van der Waals surface area contributed by atoms with Crippen LogP contribution < -0.4 is 0 Å². The summed E-state index contributed by atoms with van der Waals surface area (Å²) in [6.45, 7) is 4.34. The van der Waals surface area contributed by atoms with E-state index in [9.17, 15) is 0 Å². The lowest BCUT2D eigenvalue weighted by Gasteiger charge is -2.19. The van der Waals surface area contributed by atoms with Crippen LogP contribution >= 0.6 is 10.9 Å². The zero-order valence-electron chi connectivity index (χ0n) is 10.3. The van der Waals surface area contributed by atoms with Crippen LogP contribution in [0.15, 0.2) is 81.4 Å². The molecule has 0 aromatic heterocycles. The standard InChI is InChI=1S/C16H18S/c1-14(2)13-17(15-9-5-3-6-10-15)16-11-7-4-8-12-16/h3-13,17H,1-2H3. The summed E-state index contributed by atoms with van der Waals surface area (Å²) >= 11 is 0. The van der Waals surface area contributed by atoms with Crippen molar-refractivity contribution in [2.45, 2.75) is 23.6 Å². The first-order valence-electron chi connectivity index (χ1n) is 5.82. The summed E-state index contributed by atoms with van der Waals surface area (Å²) in [6.07, 6.45) is 0. The lowest BCUT2D eigenvalue weighted by molar-refractivity contribution is 1.37. The lowest BCUT2D eigenvalue weighted by atomic mass is 10.4. The first kappa shape index (κ1) is 12.0. The van der Waals surface area contributed by atoms with E-state index in [1.807, 2.05) is 0 Å². The topological polar surface area (TPSA) is 0 Å². The van der Waals surface area contributed by atoms with Crippen molar-refractivity contribution >= 4 is 10.9 Å². The zero-order valence-corrected chi connectivity index (χ0v) is 11.2. The molecule has 88 valence electrons. The fourth-order valence-electron chi connectivity index (χ4n) is 1.73. The summed E-state index contributed by atoms with van der Waals surface area (Å²) in [5.74, 6) is 0. The number of allylic oxidation sites excluding steroid dienone is 1. The minimum Gasteiger partial charge on any atom is -0.180 e. The average Bonchev–Trinajstić information content (AvgIpc) is 2.38. The van der Waals surface area contributed by atoms with Crippen LogP contribution in [0.25, 0.3) is 0 Å². The predicted molar refractivity (Wildman–Crippen MR) is 77.8 cm³/mol. The smallest absolute Gasteiger partial charge is 0.00502 e. The van der Waals surface area contributed by atoms with E-state index in [-0.39, 0.29) is 10.9 Å². The summed E-state index contributed by atoms with van der Waals surface area (Å²) in [5, 5.41) is 2.39. The lowest BCUT2D eigenvalue weighted by Crippen LogP contribution is -1.83. The van der Waals surface area contributed by atoms with E-state index in [1.165, 1.54) is 15.4 Å².